The standard InChI is InChI=1S/C22H21Cl2NO4/c1-14-2-4-16(5-3-14)28-13-20(27)25-8-6-22(7-9-25)12-19(26)17-10-15(23)11-18(24)21(17)29-22/h2-5,10-11H,6-9,12-13H2,1H3. The predicted octanol–water partition coefficient (Wildman–Crippen LogP) is 4.71. The average molecular weight is 434 g/mol. The second-order valence-electron chi connectivity index (χ2n) is 7.63. The lowest BCUT2D eigenvalue weighted by atomic mass is 9.82. The number of aryl methyl sites for hydroxylation is 1. The molecule has 29 heavy (non-hydrogen) atoms. The maximum absolute atomic E-state index is 12.7. The van der Waals surface area contributed by atoms with Gasteiger partial charge in [0, 0.05) is 31.0 Å². The third-order valence-corrected chi connectivity index (χ3v) is 6.02. The molecule has 2 aliphatic heterocycles. The first-order valence-electron chi connectivity index (χ1n) is 9.54. The molecule has 0 atom stereocenters. The highest BCUT2D eigenvalue weighted by Gasteiger charge is 2.44. The summed E-state index contributed by atoms with van der Waals surface area (Å²) in [4.78, 5) is 26.9. The summed E-state index contributed by atoms with van der Waals surface area (Å²) in [5.41, 5.74) is 0.935. The van der Waals surface area contributed by atoms with E-state index in [0.717, 1.165) is 5.56 Å². The van der Waals surface area contributed by atoms with Crippen LogP contribution < -0.4 is 9.47 Å². The van der Waals surface area contributed by atoms with E-state index in [9.17, 15) is 9.59 Å². The zero-order chi connectivity index (χ0) is 20.6. The van der Waals surface area contributed by atoms with Crippen LogP contribution in [0.1, 0.15) is 35.2 Å². The topological polar surface area (TPSA) is 55.8 Å². The van der Waals surface area contributed by atoms with Crippen LogP contribution >= 0.6 is 23.2 Å². The molecule has 0 aliphatic carbocycles. The molecule has 7 heteroatoms. The van der Waals surface area contributed by atoms with Gasteiger partial charge in [0.25, 0.3) is 5.91 Å². The van der Waals surface area contributed by atoms with Crippen molar-refractivity contribution in [2.75, 3.05) is 19.7 Å². The quantitative estimate of drug-likeness (QED) is 0.703. The van der Waals surface area contributed by atoms with Gasteiger partial charge in [-0.2, -0.15) is 0 Å². The van der Waals surface area contributed by atoms with Crippen molar-refractivity contribution in [3.63, 3.8) is 0 Å². The summed E-state index contributed by atoms with van der Waals surface area (Å²) in [5.74, 6) is 0.962. The number of likely N-dealkylation sites (tertiary alicyclic amines) is 1. The Hall–Kier alpha value is -2.24. The van der Waals surface area contributed by atoms with Crippen molar-refractivity contribution in [2.24, 2.45) is 0 Å². The van der Waals surface area contributed by atoms with Gasteiger partial charge in [0.15, 0.2) is 12.4 Å². The number of benzene rings is 2. The van der Waals surface area contributed by atoms with Gasteiger partial charge in [0.1, 0.15) is 17.1 Å². The molecular weight excluding hydrogens is 413 g/mol. The van der Waals surface area contributed by atoms with Gasteiger partial charge in [-0.1, -0.05) is 40.9 Å². The maximum Gasteiger partial charge on any atom is 0.260 e. The number of piperidine rings is 1. The second kappa shape index (κ2) is 7.88. The zero-order valence-corrected chi connectivity index (χ0v) is 17.6. The van der Waals surface area contributed by atoms with Crippen LogP contribution in [-0.2, 0) is 4.79 Å². The van der Waals surface area contributed by atoms with E-state index in [0.29, 0.717) is 53.0 Å². The molecule has 1 fully saturated rings. The SMILES string of the molecule is Cc1ccc(OCC(=O)N2CCC3(CC2)CC(=O)c2cc(Cl)cc(Cl)c2O3)cc1. The summed E-state index contributed by atoms with van der Waals surface area (Å²) in [6, 6.07) is 10.8. The molecule has 0 N–H and O–H groups in total. The molecule has 2 aromatic rings. The Kier molecular flexibility index (Phi) is 5.45. The fraction of sp³-hybridized carbons (Fsp3) is 0.364. The Morgan fingerprint density at radius 2 is 1.86 bits per heavy atom. The van der Waals surface area contributed by atoms with Gasteiger partial charge in [-0.05, 0) is 31.2 Å². The molecule has 2 aromatic carbocycles. The highest BCUT2D eigenvalue weighted by Crippen LogP contribution is 2.44. The summed E-state index contributed by atoms with van der Waals surface area (Å²) in [5, 5.41) is 0.751. The monoisotopic (exact) mass is 433 g/mol. The molecular formula is C22H21Cl2NO4. The molecule has 0 unspecified atom stereocenters. The molecule has 152 valence electrons. The number of nitrogens with zero attached hydrogens (tertiary/aromatic N) is 1. The van der Waals surface area contributed by atoms with Gasteiger partial charge in [-0.25, -0.2) is 0 Å². The molecule has 5 nitrogen and oxygen atoms in total. The Balaban J connectivity index is 1.38. The van der Waals surface area contributed by atoms with Gasteiger partial charge in [0.2, 0.25) is 0 Å². The van der Waals surface area contributed by atoms with E-state index in [-0.39, 0.29) is 24.7 Å². The summed E-state index contributed by atoms with van der Waals surface area (Å²) < 4.78 is 11.8. The van der Waals surface area contributed by atoms with Crippen LogP contribution in [0.15, 0.2) is 36.4 Å². The summed E-state index contributed by atoms with van der Waals surface area (Å²) in [6.45, 7) is 2.99. The molecule has 1 amide bonds. The number of fused-ring (bicyclic) bond motifs is 1. The molecule has 1 saturated heterocycles. The molecule has 1 spiro atoms. The molecule has 0 radical (unpaired) electrons. The fourth-order valence-electron chi connectivity index (χ4n) is 3.82. The molecule has 0 aromatic heterocycles. The third-order valence-electron chi connectivity index (χ3n) is 5.52. The lowest BCUT2D eigenvalue weighted by Crippen LogP contribution is -2.53. The molecule has 4 rings (SSSR count). The van der Waals surface area contributed by atoms with Crippen molar-refractivity contribution in [1.29, 1.82) is 0 Å². The van der Waals surface area contributed by atoms with Gasteiger partial charge >= 0.3 is 0 Å². The van der Waals surface area contributed by atoms with Crippen LogP contribution in [0.4, 0.5) is 0 Å². The van der Waals surface area contributed by atoms with Gasteiger partial charge in [-0.15, -0.1) is 0 Å². The van der Waals surface area contributed by atoms with E-state index in [2.05, 4.69) is 0 Å². The minimum Gasteiger partial charge on any atom is -0.484 e. The Bertz CT molecular complexity index is 950. The lowest BCUT2D eigenvalue weighted by Gasteiger charge is -2.44. The van der Waals surface area contributed by atoms with Gasteiger partial charge in [0.05, 0.1) is 17.0 Å². The number of hydrogen-bond acceptors (Lipinski definition) is 4. The van der Waals surface area contributed by atoms with E-state index in [1.807, 2.05) is 31.2 Å². The number of rotatable bonds is 3. The minimum atomic E-state index is -0.629. The molecule has 0 bridgehead atoms. The Morgan fingerprint density at radius 1 is 1.17 bits per heavy atom. The normalized spacial score (nSPS) is 17.6. The number of amides is 1. The smallest absolute Gasteiger partial charge is 0.260 e. The summed E-state index contributed by atoms with van der Waals surface area (Å²) in [6.07, 6.45) is 1.39. The van der Waals surface area contributed by atoms with E-state index >= 15 is 0 Å². The number of carbonyl (C=O) groups is 2. The summed E-state index contributed by atoms with van der Waals surface area (Å²) >= 11 is 12.3. The van der Waals surface area contributed by atoms with Crippen LogP contribution in [0.5, 0.6) is 11.5 Å². The third kappa shape index (κ3) is 4.21. The predicted molar refractivity (Wildman–Crippen MR) is 111 cm³/mol. The maximum atomic E-state index is 12.7. The first kappa shape index (κ1) is 20.0. The summed E-state index contributed by atoms with van der Waals surface area (Å²) in [7, 11) is 0. The highest BCUT2D eigenvalue weighted by atomic mass is 35.5. The Labute approximate surface area is 179 Å². The van der Waals surface area contributed by atoms with Crippen molar-refractivity contribution < 1.29 is 19.1 Å². The Morgan fingerprint density at radius 3 is 2.55 bits per heavy atom. The van der Waals surface area contributed by atoms with Crippen LogP contribution in [0.25, 0.3) is 0 Å². The van der Waals surface area contributed by atoms with Crippen LogP contribution in [-0.4, -0.2) is 41.9 Å². The lowest BCUT2D eigenvalue weighted by molar-refractivity contribution is -0.136. The van der Waals surface area contributed by atoms with E-state index in [1.54, 1.807) is 17.0 Å². The van der Waals surface area contributed by atoms with E-state index in [4.69, 9.17) is 32.7 Å². The number of ether oxygens (including phenoxy) is 2. The number of carbonyl (C=O) groups excluding carboxylic acids is 2. The molecule has 0 saturated carbocycles. The largest absolute Gasteiger partial charge is 0.484 e. The van der Waals surface area contributed by atoms with Crippen LogP contribution in [0.2, 0.25) is 10.0 Å². The van der Waals surface area contributed by atoms with Gasteiger partial charge in [-0.3, -0.25) is 9.59 Å². The first-order chi connectivity index (χ1) is 13.8. The highest BCUT2D eigenvalue weighted by molar-refractivity contribution is 6.36. The number of Topliss-reactive ketones (excluding diaryl/α,β-unsaturated/α-hetero) is 1. The first-order valence-corrected chi connectivity index (χ1v) is 10.3. The van der Waals surface area contributed by atoms with Crippen molar-refractivity contribution in [2.45, 2.75) is 31.8 Å². The fourth-order valence-corrected chi connectivity index (χ4v) is 4.36. The molecule has 2 heterocycles. The number of ketones is 1. The van der Waals surface area contributed by atoms with Crippen molar-refractivity contribution in [3.05, 3.63) is 57.6 Å². The van der Waals surface area contributed by atoms with Crippen molar-refractivity contribution in [1.82, 2.24) is 4.90 Å². The van der Waals surface area contributed by atoms with E-state index < -0.39 is 5.60 Å². The average Bonchev–Trinajstić information content (AvgIpc) is 2.69. The van der Waals surface area contributed by atoms with Crippen LogP contribution in [0.3, 0.4) is 0 Å². The van der Waals surface area contributed by atoms with Crippen molar-refractivity contribution in [3.8, 4) is 11.5 Å². The van der Waals surface area contributed by atoms with Crippen molar-refractivity contribution >= 4 is 34.9 Å². The zero-order valence-electron chi connectivity index (χ0n) is 16.0. The van der Waals surface area contributed by atoms with Gasteiger partial charge < -0.3 is 14.4 Å². The number of hydrogen-bond donors (Lipinski definition) is 0. The minimum absolute atomic E-state index is 0.0109. The van der Waals surface area contributed by atoms with Crippen LogP contribution in [0, 0.1) is 6.92 Å². The second-order valence-corrected chi connectivity index (χ2v) is 8.48. The number of halogens is 2. The molecule has 2 aliphatic rings. The van der Waals surface area contributed by atoms with E-state index in [1.165, 1.54) is 0 Å².